The summed E-state index contributed by atoms with van der Waals surface area (Å²) < 4.78 is 31.0. The van der Waals surface area contributed by atoms with E-state index < -0.39 is 15.5 Å². The quantitative estimate of drug-likeness (QED) is 0.706. The first kappa shape index (κ1) is 11.3. The van der Waals surface area contributed by atoms with Crippen LogP contribution in [0.2, 0.25) is 0 Å². The molecule has 0 amide bonds. The molecule has 1 heterocycles. The van der Waals surface area contributed by atoms with E-state index in [9.17, 15) is 8.42 Å². The highest BCUT2D eigenvalue weighted by atomic mass is 32.2. The van der Waals surface area contributed by atoms with Crippen molar-refractivity contribution in [3.63, 3.8) is 0 Å². The molecule has 1 N–H and O–H groups in total. The van der Waals surface area contributed by atoms with Crippen LogP contribution in [0.15, 0.2) is 12.4 Å². The van der Waals surface area contributed by atoms with Crippen LogP contribution in [0.4, 0.5) is 0 Å². The highest BCUT2D eigenvalue weighted by Gasteiger charge is 2.28. The largest absolute Gasteiger partial charge is 0.359 e. The molecule has 1 aliphatic heterocycles. The van der Waals surface area contributed by atoms with E-state index in [0.717, 1.165) is 6.54 Å². The summed E-state index contributed by atoms with van der Waals surface area (Å²) in [5, 5.41) is -0.824. The first-order valence-electron chi connectivity index (χ1n) is 4.63. The molecule has 0 aromatic carbocycles. The lowest BCUT2D eigenvalue weighted by molar-refractivity contribution is 0.243. The third kappa shape index (κ3) is 2.39. The Labute approximate surface area is 84.7 Å². The molecule has 0 fully saturated rings. The molecule has 6 heteroatoms. The fourth-order valence-electron chi connectivity index (χ4n) is 1.49. The second kappa shape index (κ2) is 4.18. The van der Waals surface area contributed by atoms with Crippen LogP contribution < -0.4 is 0 Å². The van der Waals surface area contributed by atoms with Crippen molar-refractivity contribution in [2.24, 2.45) is 0 Å². The molecular weight excluding hydrogens is 204 g/mol. The maximum atomic E-state index is 11.0. The smallest absolute Gasteiger partial charge is 0.286 e. The van der Waals surface area contributed by atoms with Gasteiger partial charge in [0.05, 0.1) is 6.67 Å². The zero-order valence-electron chi connectivity index (χ0n) is 8.42. The molecular formula is C8H16N2O3S. The second-order valence-corrected chi connectivity index (χ2v) is 4.81. The minimum atomic E-state index is -3.98. The summed E-state index contributed by atoms with van der Waals surface area (Å²) in [5.41, 5.74) is 0. The summed E-state index contributed by atoms with van der Waals surface area (Å²) in [6.45, 7) is 5.08. The van der Waals surface area contributed by atoms with Gasteiger partial charge in [-0.15, -0.1) is 0 Å². The van der Waals surface area contributed by atoms with E-state index in [0.29, 0.717) is 13.1 Å². The fraction of sp³-hybridized carbons (Fsp3) is 0.750. The lowest BCUT2D eigenvalue weighted by atomic mass is 10.4. The molecule has 0 aromatic rings. The lowest BCUT2D eigenvalue weighted by Crippen LogP contribution is -2.38. The first-order chi connectivity index (χ1) is 6.49. The molecule has 1 rings (SSSR count). The number of hydrogen-bond acceptors (Lipinski definition) is 4. The molecule has 0 spiro atoms. The van der Waals surface area contributed by atoms with Crippen molar-refractivity contribution in [2.75, 3.05) is 13.2 Å². The minimum absolute atomic E-state index is 0.376. The number of hydrogen-bond donors (Lipinski definition) is 1. The minimum Gasteiger partial charge on any atom is -0.359 e. The molecule has 1 unspecified atom stereocenters. The van der Waals surface area contributed by atoms with Gasteiger partial charge in [-0.25, -0.2) is 0 Å². The highest BCUT2D eigenvalue weighted by Crippen LogP contribution is 2.16. The molecule has 0 saturated carbocycles. The van der Waals surface area contributed by atoms with Crippen molar-refractivity contribution in [3.8, 4) is 0 Å². The SMILES string of the molecule is CCC(N1C=CN(CC)C1)S(=O)(=O)O. The summed E-state index contributed by atoms with van der Waals surface area (Å²) in [5.74, 6) is 0. The molecule has 5 nitrogen and oxygen atoms in total. The van der Waals surface area contributed by atoms with Gasteiger partial charge in [0.25, 0.3) is 10.1 Å². The van der Waals surface area contributed by atoms with Crippen LogP contribution in [0.5, 0.6) is 0 Å². The van der Waals surface area contributed by atoms with Crippen LogP contribution in [0.1, 0.15) is 20.3 Å². The molecule has 0 aliphatic carbocycles. The standard InChI is InChI=1S/C8H16N2O3S/c1-3-8(14(11,12)13)10-6-5-9(4-2)7-10/h5-6,8H,3-4,7H2,1-2H3,(H,11,12,13). The van der Waals surface area contributed by atoms with Gasteiger partial charge in [0, 0.05) is 18.9 Å². The van der Waals surface area contributed by atoms with E-state index in [1.165, 1.54) is 0 Å². The van der Waals surface area contributed by atoms with Crippen molar-refractivity contribution < 1.29 is 13.0 Å². The summed E-state index contributed by atoms with van der Waals surface area (Å²) in [6, 6.07) is 0. The van der Waals surface area contributed by atoms with Gasteiger partial charge in [-0.05, 0) is 13.3 Å². The molecule has 82 valence electrons. The maximum Gasteiger partial charge on any atom is 0.286 e. The van der Waals surface area contributed by atoms with Crippen molar-refractivity contribution in [2.45, 2.75) is 25.6 Å². The molecule has 1 aliphatic rings. The van der Waals surface area contributed by atoms with Gasteiger partial charge in [0.15, 0.2) is 5.37 Å². The molecule has 1 atom stereocenters. The molecule has 0 saturated heterocycles. The Morgan fingerprint density at radius 3 is 2.43 bits per heavy atom. The summed E-state index contributed by atoms with van der Waals surface area (Å²) in [7, 11) is -3.98. The summed E-state index contributed by atoms with van der Waals surface area (Å²) in [4.78, 5) is 3.59. The van der Waals surface area contributed by atoms with Crippen LogP contribution in [-0.4, -0.2) is 41.4 Å². The second-order valence-electron chi connectivity index (χ2n) is 3.24. The predicted molar refractivity (Wildman–Crippen MR) is 53.9 cm³/mol. The molecule has 0 aromatic heterocycles. The Morgan fingerprint density at radius 1 is 1.43 bits per heavy atom. The van der Waals surface area contributed by atoms with E-state index in [2.05, 4.69) is 0 Å². The predicted octanol–water partition coefficient (Wildman–Crippen LogP) is 0.677. The van der Waals surface area contributed by atoms with Crippen LogP contribution in [-0.2, 0) is 10.1 Å². The van der Waals surface area contributed by atoms with Gasteiger partial charge >= 0.3 is 0 Å². The lowest BCUT2D eigenvalue weighted by Gasteiger charge is -2.25. The number of nitrogens with zero attached hydrogens (tertiary/aromatic N) is 2. The Bertz CT molecular complexity index is 313. The van der Waals surface area contributed by atoms with Gasteiger partial charge in [-0.1, -0.05) is 6.92 Å². The van der Waals surface area contributed by atoms with E-state index >= 15 is 0 Å². The van der Waals surface area contributed by atoms with Crippen LogP contribution >= 0.6 is 0 Å². The average Bonchev–Trinajstić information content (AvgIpc) is 2.51. The van der Waals surface area contributed by atoms with Crippen LogP contribution in [0.25, 0.3) is 0 Å². The first-order valence-corrected chi connectivity index (χ1v) is 6.13. The van der Waals surface area contributed by atoms with Crippen molar-refractivity contribution in [3.05, 3.63) is 12.4 Å². The third-order valence-electron chi connectivity index (χ3n) is 2.28. The van der Waals surface area contributed by atoms with E-state index in [-0.39, 0.29) is 0 Å². The maximum absolute atomic E-state index is 11.0. The average molecular weight is 220 g/mol. The van der Waals surface area contributed by atoms with E-state index in [1.807, 2.05) is 18.0 Å². The van der Waals surface area contributed by atoms with Crippen molar-refractivity contribution in [1.82, 2.24) is 9.80 Å². The van der Waals surface area contributed by atoms with Gasteiger partial charge in [0.1, 0.15) is 0 Å². The van der Waals surface area contributed by atoms with Crippen molar-refractivity contribution in [1.29, 1.82) is 0 Å². The van der Waals surface area contributed by atoms with Crippen LogP contribution in [0.3, 0.4) is 0 Å². The zero-order chi connectivity index (χ0) is 10.8. The number of rotatable bonds is 4. The zero-order valence-corrected chi connectivity index (χ0v) is 9.24. The molecule has 14 heavy (non-hydrogen) atoms. The summed E-state index contributed by atoms with van der Waals surface area (Å²) in [6.07, 6.45) is 3.90. The fourth-order valence-corrected chi connectivity index (χ4v) is 2.39. The summed E-state index contributed by atoms with van der Waals surface area (Å²) >= 11 is 0. The van der Waals surface area contributed by atoms with Gasteiger partial charge < -0.3 is 9.80 Å². The van der Waals surface area contributed by atoms with E-state index in [4.69, 9.17) is 4.55 Å². The Hall–Kier alpha value is -0.750. The topological polar surface area (TPSA) is 60.9 Å². The Kier molecular flexibility index (Phi) is 3.38. The third-order valence-corrected chi connectivity index (χ3v) is 3.57. The molecule has 0 radical (unpaired) electrons. The normalized spacial score (nSPS) is 19.1. The Morgan fingerprint density at radius 2 is 2.07 bits per heavy atom. The van der Waals surface area contributed by atoms with Crippen LogP contribution in [0, 0.1) is 0 Å². The van der Waals surface area contributed by atoms with Gasteiger partial charge in [-0.3, -0.25) is 4.55 Å². The molecule has 0 bridgehead atoms. The van der Waals surface area contributed by atoms with Gasteiger partial charge in [0.2, 0.25) is 0 Å². The monoisotopic (exact) mass is 220 g/mol. The Balaban J connectivity index is 2.71. The van der Waals surface area contributed by atoms with Crippen molar-refractivity contribution >= 4 is 10.1 Å². The van der Waals surface area contributed by atoms with E-state index in [1.54, 1.807) is 18.0 Å². The highest BCUT2D eigenvalue weighted by molar-refractivity contribution is 7.86. The van der Waals surface area contributed by atoms with Gasteiger partial charge in [-0.2, -0.15) is 8.42 Å².